The van der Waals surface area contributed by atoms with Gasteiger partial charge in [0.15, 0.2) is 0 Å². The van der Waals surface area contributed by atoms with E-state index in [1.807, 2.05) is 0 Å². The molecule has 98 valence electrons. The summed E-state index contributed by atoms with van der Waals surface area (Å²) in [5.74, 6) is -1.11. The quantitative estimate of drug-likeness (QED) is 0.832. The summed E-state index contributed by atoms with van der Waals surface area (Å²) in [6.07, 6.45) is 2.93. The molecule has 8 heteroatoms. The fraction of sp³-hybridized carbons (Fsp3) is 0.400. The molecule has 0 atom stereocenters. The number of hydrogen-bond donors (Lipinski definition) is 2. The molecule has 0 aliphatic carbocycles. The first-order chi connectivity index (χ1) is 8.49. The molecule has 1 fully saturated rings. The summed E-state index contributed by atoms with van der Waals surface area (Å²) in [5, 5.41) is 8.80. The van der Waals surface area contributed by atoms with E-state index in [1.165, 1.54) is 22.6 Å². The summed E-state index contributed by atoms with van der Waals surface area (Å²) in [6, 6.07) is 2.49. The summed E-state index contributed by atoms with van der Waals surface area (Å²) in [5.41, 5.74) is -0.0101. The molecule has 0 radical (unpaired) electrons. The summed E-state index contributed by atoms with van der Waals surface area (Å²) >= 11 is 0. The maximum absolute atomic E-state index is 11.9. The molecule has 1 aliphatic heterocycles. The number of nitrogens with zero attached hydrogens (tertiary/aromatic N) is 2. The maximum Gasteiger partial charge on any atom is 0.335 e. The summed E-state index contributed by atoms with van der Waals surface area (Å²) < 4.78 is 27.4. The lowest BCUT2D eigenvalue weighted by Gasteiger charge is -2.16. The van der Waals surface area contributed by atoms with Gasteiger partial charge in [-0.25, -0.2) is 9.78 Å². The van der Waals surface area contributed by atoms with Crippen molar-refractivity contribution < 1.29 is 18.3 Å². The minimum atomic E-state index is -3.63. The van der Waals surface area contributed by atoms with Gasteiger partial charge in [-0.1, -0.05) is 0 Å². The van der Waals surface area contributed by atoms with Crippen LogP contribution in [0.1, 0.15) is 23.2 Å². The first-order valence-electron chi connectivity index (χ1n) is 5.46. The normalized spacial score (nSPS) is 16.7. The van der Waals surface area contributed by atoms with Crippen molar-refractivity contribution in [2.24, 2.45) is 0 Å². The minimum absolute atomic E-state index is 0.0101. The highest BCUT2D eigenvalue weighted by Gasteiger charge is 2.25. The molecular formula is C10H13N3O4S. The molecule has 0 bridgehead atoms. The Morgan fingerprint density at radius 3 is 2.67 bits per heavy atom. The Balaban J connectivity index is 2.18. The molecule has 0 aromatic carbocycles. The number of aromatic carboxylic acids is 1. The first-order valence-corrected chi connectivity index (χ1v) is 6.90. The highest BCUT2D eigenvalue weighted by molar-refractivity contribution is 7.90. The van der Waals surface area contributed by atoms with Crippen molar-refractivity contribution in [3.63, 3.8) is 0 Å². The van der Waals surface area contributed by atoms with Crippen LogP contribution < -0.4 is 4.72 Å². The largest absolute Gasteiger partial charge is 0.478 e. The predicted octanol–water partition coefficient (Wildman–Crippen LogP) is 0.532. The molecule has 1 aromatic rings. The predicted molar refractivity (Wildman–Crippen MR) is 64.5 cm³/mol. The Labute approximate surface area is 105 Å². The van der Waals surface area contributed by atoms with Crippen molar-refractivity contribution in [1.82, 2.24) is 9.29 Å². The molecule has 2 N–H and O–H groups in total. The molecule has 2 rings (SSSR count). The van der Waals surface area contributed by atoms with Gasteiger partial charge in [0, 0.05) is 19.3 Å². The van der Waals surface area contributed by atoms with Crippen LogP contribution in [-0.2, 0) is 10.2 Å². The number of pyridine rings is 1. The fourth-order valence-corrected chi connectivity index (χ4v) is 2.99. The van der Waals surface area contributed by atoms with Gasteiger partial charge in [0.2, 0.25) is 0 Å². The number of carboxylic acids is 1. The second-order valence-corrected chi connectivity index (χ2v) is 5.62. The van der Waals surface area contributed by atoms with E-state index >= 15 is 0 Å². The van der Waals surface area contributed by atoms with Crippen LogP contribution in [0.5, 0.6) is 0 Å². The molecule has 1 saturated heterocycles. The lowest BCUT2D eigenvalue weighted by molar-refractivity contribution is 0.0697. The van der Waals surface area contributed by atoms with E-state index < -0.39 is 16.2 Å². The lowest BCUT2D eigenvalue weighted by Crippen LogP contribution is -2.33. The molecule has 0 unspecified atom stereocenters. The molecule has 2 heterocycles. The third-order valence-corrected chi connectivity index (χ3v) is 4.16. The third kappa shape index (κ3) is 2.77. The van der Waals surface area contributed by atoms with Crippen LogP contribution in [0.2, 0.25) is 0 Å². The molecular weight excluding hydrogens is 258 g/mol. The van der Waals surface area contributed by atoms with E-state index in [2.05, 4.69) is 9.71 Å². The van der Waals surface area contributed by atoms with Crippen LogP contribution in [0.4, 0.5) is 5.82 Å². The molecule has 1 aliphatic rings. The Morgan fingerprint density at radius 2 is 2.06 bits per heavy atom. The van der Waals surface area contributed by atoms with Crippen molar-refractivity contribution >= 4 is 22.0 Å². The SMILES string of the molecule is O=C(O)c1ccnc(NS(=O)(=O)N2CCCC2)c1. The summed E-state index contributed by atoms with van der Waals surface area (Å²) in [4.78, 5) is 14.6. The second-order valence-electron chi connectivity index (χ2n) is 3.95. The molecule has 18 heavy (non-hydrogen) atoms. The van der Waals surface area contributed by atoms with E-state index in [0.29, 0.717) is 13.1 Å². The van der Waals surface area contributed by atoms with E-state index in [1.54, 1.807) is 0 Å². The fourth-order valence-electron chi connectivity index (χ4n) is 1.74. The zero-order chi connectivity index (χ0) is 13.2. The van der Waals surface area contributed by atoms with Gasteiger partial charge < -0.3 is 5.11 Å². The van der Waals surface area contributed by atoms with Crippen LogP contribution in [0.25, 0.3) is 0 Å². The van der Waals surface area contributed by atoms with Crippen LogP contribution in [-0.4, -0.2) is 41.9 Å². The monoisotopic (exact) mass is 271 g/mol. The lowest BCUT2D eigenvalue weighted by atomic mass is 10.3. The van der Waals surface area contributed by atoms with Crippen LogP contribution >= 0.6 is 0 Å². The molecule has 7 nitrogen and oxygen atoms in total. The zero-order valence-corrected chi connectivity index (χ0v) is 10.4. The number of anilines is 1. The van der Waals surface area contributed by atoms with Crippen LogP contribution in [0, 0.1) is 0 Å². The van der Waals surface area contributed by atoms with Gasteiger partial charge in [-0.3, -0.25) is 4.72 Å². The van der Waals surface area contributed by atoms with E-state index in [4.69, 9.17) is 5.11 Å². The van der Waals surface area contributed by atoms with E-state index in [9.17, 15) is 13.2 Å². The number of nitrogens with one attached hydrogen (secondary N) is 1. The van der Waals surface area contributed by atoms with Gasteiger partial charge >= 0.3 is 16.2 Å². The third-order valence-electron chi connectivity index (χ3n) is 2.65. The number of carbonyl (C=O) groups is 1. The molecule has 1 aromatic heterocycles. The average molecular weight is 271 g/mol. The maximum atomic E-state index is 11.9. The number of aromatic nitrogens is 1. The molecule has 0 saturated carbocycles. The van der Waals surface area contributed by atoms with Crippen molar-refractivity contribution in [2.45, 2.75) is 12.8 Å². The van der Waals surface area contributed by atoms with Crippen LogP contribution in [0.3, 0.4) is 0 Å². The second kappa shape index (κ2) is 4.91. The summed E-state index contributed by atoms with van der Waals surface area (Å²) in [7, 11) is -3.63. The topological polar surface area (TPSA) is 99.6 Å². The van der Waals surface area contributed by atoms with Crippen molar-refractivity contribution in [1.29, 1.82) is 0 Å². The van der Waals surface area contributed by atoms with Gasteiger partial charge in [0.25, 0.3) is 0 Å². The first kappa shape index (κ1) is 12.8. The Hall–Kier alpha value is -1.67. The highest BCUT2D eigenvalue weighted by Crippen LogP contribution is 2.15. The van der Waals surface area contributed by atoms with Gasteiger partial charge in [-0.15, -0.1) is 0 Å². The van der Waals surface area contributed by atoms with Crippen molar-refractivity contribution in [3.8, 4) is 0 Å². The van der Waals surface area contributed by atoms with Gasteiger partial charge in [-0.05, 0) is 25.0 Å². The zero-order valence-electron chi connectivity index (χ0n) is 9.54. The Bertz CT molecular complexity index is 552. The van der Waals surface area contributed by atoms with Gasteiger partial charge in [0.05, 0.1) is 5.56 Å². The van der Waals surface area contributed by atoms with Crippen molar-refractivity contribution in [2.75, 3.05) is 17.8 Å². The molecule has 0 spiro atoms. The van der Waals surface area contributed by atoms with E-state index in [0.717, 1.165) is 12.8 Å². The van der Waals surface area contributed by atoms with Gasteiger partial charge in [-0.2, -0.15) is 12.7 Å². The molecule has 0 amide bonds. The number of carboxylic acid groups (broad SMARTS) is 1. The van der Waals surface area contributed by atoms with Crippen molar-refractivity contribution in [3.05, 3.63) is 23.9 Å². The Morgan fingerprint density at radius 1 is 1.39 bits per heavy atom. The standard InChI is InChI=1S/C10H13N3O4S/c14-10(15)8-3-4-11-9(7-8)12-18(16,17)13-5-1-2-6-13/h3-4,7H,1-2,5-6H2,(H,11,12)(H,14,15). The van der Waals surface area contributed by atoms with Crippen LogP contribution in [0.15, 0.2) is 18.3 Å². The highest BCUT2D eigenvalue weighted by atomic mass is 32.2. The number of rotatable bonds is 4. The minimum Gasteiger partial charge on any atom is -0.478 e. The Kier molecular flexibility index (Phi) is 3.48. The van der Waals surface area contributed by atoms with E-state index in [-0.39, 0.29) is 11.4 Å². The average Bonchev–Trinajstić information content (AvgIpc) is 2.82. The number of hydrogen-bond acceptors (Lipinski definition) is 4. The summed E-state index contributed by atoms with van der Waals surface area (Å²) in [6.45, 7) is 0.960. The smallest absolute Gasteiger partial charge is 0.335 e. The van der Waals surface area contributed by atoms with Gasteiger partial charge in [0.1, 0.15) is 5.82 Å².